The van der Waals surface area contributed by atoms with Gasteiger partial charge in [0.15, 0.2) is 0 Å². The van der Waals surface area contributed by atoms with Gasteiger partial charge in [-0.05, 0) is 131 Å². The number of aliphatic hydroxyl groups excluding tert-OH is 2. The summed E-state index contributed by atoms with van der Waals surface area (Å²) in [7, 11) is 7.15. The molecule has 0 unspecified atom stereocenters. The molecule has 7 heterocycles. The number of nitrogens with zero attached hydrogens (tertiary/aromatic N) is 14. The maximum atomic E-state index is 14.8. The molecule has 9 rings (SSSR count). The number of aromatic nitrogens is 10. The lowest BCUT2D eigenvalue weighted by Crippen LogP contribution is -2.41. The van der Waals surface area contributed by atoms with Gasteiger partial charge in [0.25, 0.3) is 0 Å². The molecule has 0 saturated carbocycles. The van der Waals surface area contributed by atoms with Crippen LogP contribution in [0.4, 0.5) is 25.0 Å². The summed E-state index contributed by atoms with van der Waals surface area (Å²) in [5.74, 6) is -0.223. The zero-order valence-corrected chi connectivity index (χ0v) is 42.9. The highest BCUT2D eigenvalue weighted by atomic mass is 79.9. The van der Waals surface area contributed by atoms with Crippen molar-refractivity contribution >= 4 is 51.9 Å². The van der Waals surface area contributed by atoms with Crippen LogP contribution in [0.25, 0.3) is 34.2 Å². The van der Waals surface area contributed by atoms with Gasteiger partial charge in [0, 0.05) is 77.7 Å². The first kappa shape index (κ1) is 53.6. The summed E-state index contributed by atoms with van der Waals surface area (Å²) in [5, 5.41) is 43.0. The summed E-state index contributed by atoms with van der Waals surface area (Å²) in [6.07, 6.45) is 2.37. The van der Waals surface area contributed by atoms with Gasteiger partial charge >= 0.3 is 13.2 Å². The number of ether oxygens (including phenoxy) is 1. The fourth-order valence-corrected chi connectivity index (χ4v) is 7.62. The molecule has 6 aromatic rings. The number of carbonyl (C=O) groups is 2. The molecule has 382 valence electrons. The van der Waals surface area contributed by atoms with Crippen molar-refractivity contribution in [1.29, 1.82) is 0 Å². The third-order valence-electron chi connectivity index (χ3n) is 12.3. The first-order chi connectivity index (χ1) is 34.2. The Morgan fingerprint density at radius 1 is 0.736 bits per heavy atom. The molecule has 25 heteroatoms. The lowest BCUT2D eigenvalue weighted by atomic mass is 9.78. The van der Waals surface area contributed by atoms with Crippen LogP contribution in [-0.2, 0) is 31.9 Å². The molecule has 0 radical (unpaired) electrons. The first-order valence-electron chi connectivity index (χ1n) is 23.1. The normalized spacial score (nSPS) is 18.1. The predicted molar refractivity (Wildman–Crippen MR) is 267 cm³/mol. The number of amides is 2. The number of hydrogen-bond acceptors (Lipinski definition) is 17. The van der Waals surface area contributed by atoms with Gasteiger partial charge < -0.3 is 39.0 Å². The van der Waals surface area contributed by atoms with E-state index in [2.05, 4.69) is 61.6 Å². The summed E-state index contributed by atoms with van der Waals surface area (Å²) in [4.78, 5) is 42.5. The fourth-order valence-electron chi connectivity index (χ4n) is 7.39. The molecule has 0 aliphatic carbocycles. The van der Waals surface area contributed by atoms with E-state index in [1.54, 1.807) is 53.6 Å². The Bertz CT molecular complexity index is 2790. The third-order valence-corrected chi connectivity index (χ3v) is 12.7. The molecule has 4 aromatic heterocycles. The van der Waals surface area contributed by atoms with E-state index in [9.17, 15) is 23.5 Å². The minimum Gasteiger partial charge on any atom is -0.441 e. The number of tetrazole rings is 2. The number of aliphatic hydroxyl groups is 2. The van der Waals surface area contributed by atoms with Crippen molar-refractivity contribution in [3.63, 3.8) is 0 Å². The Kier molecular flexibility index (Phi) is 17.2. The van der Waals surface area contributed by atoms with Crippen molar-refractivity contribution in [2.45, 2.75) is 64.5 Å². The van der Waals surface area contributed by atoms with Gasteiger partial charge in [0.05, 0.1) is 43.1 Å². The average Bonchev–Trinajstić information content (AvgIpc) is 4.20. The third kappa shape index (κ3) is 13.1. The van der Waals surface area contributed by atoms with Crippen LogP contribution in [-0.4, -0.2) is 174 Å². The SMILES string of the molecule is CC1(C)OB(c2ccc(N3C[C@H](CO)OC3=O)cc2F)OC1(C)C.CN(C)CCn1nnc(-c2ccc(-c3ccc(N4C[C@H](CO)CC4=O)cc3F)cn2)n1.CN(C)CCn1nnc(-c2ccc(Br)cn2)n1. The molecule has 21 nitrogen and oxygen atoms in total. The highest BCUT2D eigenvalue weighted by Gasteiger charge is 2.52. The molecule has 0 spiro atoms. The molecule has 3 aliphatic rings. The molecular formula is C47H58BBrF2N14O7. The molecule has 2 aromatic carbocycles. The minimum absolute atomic E-state index is 0.0565. The Hall–Kier alpha value is -6.22. The molecule has 2 atom stereocenters. The summed E-state index contributed by atoms with van der Waals surface area (Å²) in [6.45, 7) is 10.9. The van der Waals surface area contributed by atoms with E-state index in [0.29, 0.717) is 52.9 Å². The van der Waals surface area contributed by atoms with Crippen LogP contribution in [0.5, 0.6) is 0 Å². The van der Waals surface area contributed by atoms with E-state index in [1.807, 2.05) is 72.9 Å². The van der Waals surface area contributed by atoms with E-state index in [0.717, 1.165) is 29.8 Å². The number of carbonyl (C=O) groups excluding carboxylic acids is 2. The Morgan fingerprint density at radius 2 is 1.31 bits per heavy atom. The second-order valence-electron chi connectivity index (χ2n) is 18.8. The maximum absolute atomic E-state index is 14.8. The number of cyclic esters (lactones) is 1. The second-order valence-corrected chi connectivity index (χ2v) is 19.7. The van der Waals surface area contributed by atoms with Gasteiger partial charge in [-0.25, -0.2) is 13.6 Å². The molecule has 72 heavy (non-hydrogen) atoms. The van der Waals surface area contributed by atoms with Gasteiger partial charge in [-0.1, -0.05) is 12.1 Å². The Morgan fingerprint density at radius 3 is 1.79 bits per heavy atom. The van der Waals surface area contributed by atoms with Crippen LogP contribution in [0.1, 0.15) is 34.1 Å². The van der Waals surface area contributed by atoms with Crippen molar-refractivity contribution in [2.24, 2.45) is 5.92 Å². The van der Waals surface area contributed by atoms with Gasteiger partial charge in [0.2, 0.25) is 17.6 Å². The Balaban J connectivity index is 0.000000166. The van der Waals surface area contributed by atoms with Crippen molar-refractivity contribution in [3.05, 3.63) is 89.2 Å². The largest absolute Gasteiger partial charge is 0.497 e. The quantitative estimate of drug-likeness (QED) is 0.147. The number of rotatable bonds is 14. The van der Waals surface area contributed by atoms with Crippen molar-refractivity contribution < 1.29 is 42.6 Å². The fraction of sp³-hybridized carbons (Fsp3) is 0.447. The van der Waals surface area contributed by atoms with E-state index in [4.69, 9.17) is 19.2 Å². The van der Waals surface area contributed by atoms with Crippen LogP contribution in [0.2, 0.25) is 0 Å². The number of halogens is 3. The topological polar surface area (TPSA) is 228 Å². The smallest absolute Gasteiger partial charge is 0.441 e. The lowest BCUT2D eigenvalue weighted by molar-refractivity contribution is -0.117. The Labute approximate surface area is 424 Å². The number of pyridine rings is 2. The van der Waals surface area contributed by atoms with Crippen LogP contribution in [0.15, 0.2) is 77.5 Å². The highest BCUT2D eigenvalue weighted by Crippen LogP contribution is 2.37. The van der Waals surface area contributed by atoms with Crippen LogP contribution in [0, 0.1) is 17.6 Å². The standard InChI is InChI=1S/C21H24FN7O2.C16H21BFNO5.C10H13BrN6/c1-27(2)7-8-29-25-21(24-26-29)19-6-3-15(11-23-19)17-5-4-16(10-18(17)22)28-12-14(13-30)9-20(28)31;1-15(2)16(3,4)24-17(23-15)12-6-5-10(7-13(12)18)19-8-11(9-20)22-14(19)21;1-16(2)5-6-17-14-10(13-15-17)9-4-3-8(11)7-12-9/h3-6,10-11,14,30H,7-9,12-13H2,1-2H3;5-7,11,20H,8-9H2,1-4H3;3-4,7H,5-6H2,1-2H3/t14-;11-;/m11./s1. The van der Waals surface area contributed by atoms with E-state index < -0.39 is 42.2 Å². The van der Waals surface area contributed by atoms with E-state index in [-0.39, 0.29) is 43.5 Å². The molecule has 3 saturated heterocycles. The minimum atomic E-state index is -0.806. The van der Waals surface area contributed by atoms with Crippen LogP contribution in [0.3, 0.4) is 0 Å². The van der Waals surface area contributed by atoms with Crippen LogP contribution < -0.4 is 15.3 Å². The van der Waals surface area contributed by atoms with E-state index >= 15 is 0 Å². The van der Waals surface area contributed by atoms with Gasteiger partial charge in [-0.3, -0.25) is 19.7 Å². The van der Waals surface area contributed by atoms with E-state index in [1.165, 1.54) is 26.7 Å². The second kappa shape index (κ2) is 23.1. The summed E-state index contributed by atoms with van der Waals surface area (Å²) < 4.78 is 47.0. The summed E-state index contributed by atoms with van der Waals surface area (Å²) >= 11 is 3.33. The molecule has 2 amide bonds. The number of hydrogen-bond donors (Lipinski definition) is 2. The predicted octanol–water partition coefficient (Wildman–Crippen LogP) is 3.95. The van der Waals surface area contributed by atoms with Gasteiger partial charge in [0.1, 0.15) is 29.1 Å². The molecule has 2 N–H and O–H groups in total. The number of likely N-dealkylation sites (N-methyl/N-ethyl adjacent to an activating group) is 2. The number of benzene rings is 2. The zero-order valence-electron chi connectivity index (χ0n) is 41.4. The first-order valence-corrected chi connectivity index (χ1v) is 23.9. The van der Waals surface area contributed by atoms with Gasteiger partial charge in [-0.15, -0.1) is 20.4 Å². The lowest BCUT2D eigenvalue weighted by Gasteiger charge is -2.32. The monoisotopic (exact) mass is 1060 g/mol. The zero-order chi connectivity index (χ0) is 51.9. The summed E-state index contributed by atoms with van der Waals surface area (Å²) in [5.41, 5.74) is 2.29. The molecule has 0 bridgehead atoms. The molecule has 3 aliphatic heterocycles. The maximum Gasteiger partial charge on any atom is 0.497 e. The van der Waals surface area contributed by atoms with Gasteiger partial charge in [-0.2, -0.15) is 9.59 Å². The highest BCUT2D eigenvalue weighted by molar-refractivity contribution is 9.10. The van der Waals surface area contributed by atoms with Crippen molar-refractivity contribution in [3.8, 4) is 34.2 Å². The molecule has 3 fully saturated rings. The molecular weight excluding hydrogens is 1000 g/mol. The average molecular weight is 1060 g/mol. The number of anilines is 2. The van der Waals surface area contributed by atoms with Crippen molar-refractivity contribution in [2.75, 3.05) is 77.4 Å². The van der Waals surface area contributed by atoms with Crippen molar-refractivity contribution in [1.82, 2.24) is 60.2 Å². The summed E-state index contributed by atoms with van der Waals surface area (Å²) in [6, 6.07) is 16.4. The van der Waals surface area contributed by atoms with Crippen LogP contribution >= 0.6 is 15.9 Å².